The summed E-state index contributed by atoms with van der Waals surface area (Å²) < 4.78 is 5.34. The third kappa shape index (κ3) is 5.70. The smallest absolute Gasteiger partial charge is 0.407 e. The van der Waals surface area contributed by atoms with Crippen LogP contribution in [0.4, 0.5) is 4.79 Å². The molecule has 2 N–H and O–H groups in total. The Hall–Kier alpha value is -1.26. The van der Waals surface area contributed by atoms with E-state index in [0.29, 0.717) is 5.92 Å². The van der Waals surface area contributed by atoms with E-state index >= 15 is 0 Å². The molecule has 0 heterocycles. The number of nitrogens with one attached hydrogen (secondary N) is 2. The quantitative estimate of drug-likeness (QED) is 0.836. The van der Waals surface area contributed by atoms with Crippen molar-refractivity contribution in [1.82, 2.24) is 10.6 Å². The van der Waals surface area contributed by atoms with Gasteiger partial charge in [0.1, 0.15) is 5.60 Å². The predicted molar refractivity (Wildman–Crippen MR) is 90.1 cm³/mol. The van der Waals surface area contributed by atoms with Crippen molar-refractivity contribution in [2.24, 2.45) is 11.8 Å². The van der Waals surface area contributed by atoms with Gasteiger partial charge in [-0.05, 0) is 58.8 Å². The number of carbonyl (C=O) groups excluding carboxylic acids is 2. The number of alkyl carbamates (subject to hydrolysis) is 1. The van der Waals surface area contributed by atoms with Gasteiger partial charge >= 0.3 is 6.09 Å². The van der Waals surface area contributed by atoms with Gasteiger partial charge in [0, 0.05) is 12.0 Å². The van der Waals surface area contributed by atoms with Crippen LogP contribution in [0.3, 0.4) is 0 Å². The molecule has 0 aromatic heterocycles. The zero-order chi connectivity index (χ0) is 17.0. The Morgan fingerprint density at radius 1 is 0.957 bits per heavy atom. The Bertz CT molecular complexity index is 430. The first-order chi connectivity index (χ1) is 10.7. The van der Waals surface area contributed by atoms with Gasteiger partial charge in [0.05, 0.1) is 6.04 Å². The molecule has 4 atom stereocenters. The molecule has 0 spiro atoms. The van der Waals surface area contributed by atoms with E-state index in [4.69, 9.17) is 4.74 Å². The molecule has 2 aliphatic rings. The third-order valence-electron chi connectivity index (χ3n) is 4.86. The molecular formula is C18H32N2O3. The van der Waals surface area contributed by atoms with Crippen LogP contribution in [0.5, 0.6) is 0 Å². The third-order valence-corrected chi connectivity index (χ3v) is 4.86. The van der Waals surface area contributed by atoms with Crippen LogP contribution in [0.15, 0.2) is 0 Å². The predicted octanol–water partition coefficient (Wildman–Crippen LogP) is 3.37. The van der Waals surface area contributed by atoms with E-state index in [1.807, 2.05) is 20.8 Å². The van der Waals surface area contributed by atoms with Crippen molar-refractivity contribution < 1.29 is 14.3 Å². The number of rotatable bonds is 3. The fourth-order valence-electron chi connectivity index (χ4n) is 3.68. The molecule has 0 saturated heterocycles. The highest BCUT2D eigenvalue weighted by Crippen LogP contribution is 2.31. The number of hydrogen-bond acceptors (Lipinski definition) is 3. The summed E-state index contributed by atoms with van der Waals surface area (Å²) in [6.07, 6.45) is 6.72. The summed E-state index contributed by atoms with van der Waals surface area (Å²) in [5, 5.41) is 6.14. The van der Waals surface area contributed by atoms with Crippen molar-refractivity contribution in [3.05, 3.63) is 0 Å². The van der Waals surface area contributed by atoms with Crippen molar-refractivity contribution in [2.45, 2.75) is 90.3 Å². The van der Waals surface area contributed by atoms with Crippen molar-refractivity contribution in [3.8, 4) is 0 Å². The SMILES string of the molecule is CC1CCC(C(=O)NC2CCCC[C@H]2NC(=O)OC(C)(C)C)C1. The van der Waals surface area contributed by atoms with Crippen LogP contribution in [-0.4, -0.2) is 29.7 Å². The fraction of sp³-hybridized carbons (Fsp3) is 0.889. The summed E-state index contributed by atoms with van der Waals surface area (Å²) >= 11 is 0. The van der Waals surface area contributed by atoms with Crippen molar-refractivity contribution in [3.63, 3.8) is 0 Å². The van der Waals surface area contributed by atoms with Gasteiger partial charge in [-0.25, -0.2) is 4.79 Å². The van der Waals surface area contributed by atoms with E-state index < -0.39 is 11.7 Å². The highest BCUT2D eigenvalue weighted by molar-refractivity contribution is 5.79. The molecule has 2 aliphatic carbocycles. The average Bonchev–Trinajstić information content (AvgIpc) is 2.85. The second-order valence-electron chi connectivity index (χ2n) is 8.27. The van der Waals surface area contributed by atoms with Crippen molar-refractivity contribution in [2.75, 3.05) is 0 Å². The molecule has 2 rings (SSSR count). The summed E-state index contributed by atoms with van der Waals surface area (Å²) in [4.78, 5) is 24.5. The van der Waals surface area contributed by atoms with E-state index in [9.17, 15) is 9.59 Å². The maximum absolute atomic E-state index is 12.5. The normalized spacial score (nSPS) is 31.5. The lowest BCUT2D eigenvalue weighted by atomic mass is 9.89. The van der Waals surface area contributed by atoms with Gasteiger partial charge < -0.3 is 15.4 Å². The van der Waals surface area contributed by atoms with Crippen molar-refractivity contribution in [1.29, 1.82) is 0 Å². The molecular weight excluding hydrogens is 292 g/mol. The molecule has 0 aliphatic heterocycles. The van der Waals surface area contributed by atoms with Gasteiger partial charge in [0.2, 0.25) is 5.91 Å². The Balaban J connectivity index is 1.88. The summed E-state index contributed by atoms with van der Waals surface area (Å²) in [5.74, 6) is 0.958. The maximum Gasteiger partial charge on any atom is 0.407 e. The molecule has 2 saturated carbocycles. The minimum absolute atomic E-state index is 0.0265. The van der Waals surface area contributed by atoms with Crippen LogP contribution in [0, 0.1) is 11.8 Å². The molecule has 0 aromatic rings. The zero-order valence-electron chi connectivity index (χ0n) is 15.0. The first kappa shape index (κ1) is 18.1. The summed E-state index contributed by atoms with van der Waals surface area (Å²) in [6, 6.07) is 0.000973. The van der Waals surface area contributed by atoms with Crippen LogP contribution >= 0.6 is 0 Å². The number of amides is 2. The second-order valence-corrected chi connectivity index (χ2v) is 8.27. The Kier molecular flexibility index (Phi) is 5.93. The van der Waals surface area contributed by atoms with Gasteiger partial charge in [-0.3, -0.25) is 4.79 Å². The summed E-state index contributed by atoms with van der Waals surface area (Å²) in [5.41, 5.74) is -0.502. The standard InChI is InChI=1S/C18H32N2O3/c1-12-9-10-13(11-12)16(21)19-14-7-5-6-8-15(14)20-17(22)23-18(2,3)4/h12-15H,5-11H2,1-4H3,(H,19,21)(H,20,22)/t12?,13?,14?,15-/m1/s1. The molecule has 3 unspecified atom stereocenters. The van der Waals surface area contributed by atoms with E-state index in [2.05, 4.69) is 17.6 Å². The number of ether oxygens (including phenoxy) is 1. The Labute approximate surface area is 139 Å². The average molecular weight is 324 g/mol. The number of carbonyl (C=O) groups is 2. The van der Waals surface area contributed by atoms with Gasteiger partial charge in [-0.15, -0.1) is 0 Å². The van der Waals surface area contributed by atoms with Crippen molar-refractivity contribution >= 4 is 12.0 Å². The molecule has 0 aromatic carbocycles. The van der Waals surface area contributed by atoms with Crippen LogP contribution < -0.4 is 10.6 Å². The topological polar surface area (TPSA) is 67.4 Å². The van der Waals surface area contributed by atoms with Gasteiger partial charge in [0.15, 0.2) is 0 Å². The highest BCUT2D eigenvalue weighted by Gasteiger charge is 2.33. The minimum Gasteiger partial charge on any atom is -0.444 e. The second kappa shape index (κ2) is 7.54. The van der Waals surface area contributed by atoms with Gasteiger partial charge in [-0.1, -0.05) is 19.8 Å². The van der Waals surface area contributed by atoms with E-state index in [0.717, 1.165) is 44.9 Å². The molecule has 0 radical (unpaired) electrons. The lowest BCUT2D eigenvalue weighted by Gasteiger charge is -2.34. The largest absolute Gasteiger partial charge is 0.444 e. The Morgan fingerprint density at radius 3 is 2.09 bits per heavy atom. The fourth-order valence-corrected chi connectivity index (χ4v) is 3.68. The zero-order valence-corrected chi connectivity index (χ0v) is 15.0. The van der Waals surface area contributed by atoms with E-state index in [1.54, 1.807) is 0 Å². The molecule has 23 heavy (non-hydrogen) atoms. The molecule has 0 bridgehead atoms. The van der Waals surface area contributed by atoms with Crippen LogP contribution in [0.1, 0.15) is 72.6 Å². The molecule has 2 fully saturated rings. The monoisotopic (exact) mass is 324 g/mol. The lowest BCUT2D eigenvalue weighted by Crippen LogP contribution is -2.54. The first-order valence-electron chi connectivity index (χ1n) is 9.04. The molecule has 2 amide bonds. The molecule has 132 valence electrons. The first-order valence-corrected chi connectivity index (χ1v) is 9.04. The van der Waals surface area contributed by atoms with E-state index in [1.165, 1.54) is 0 Å². The van der Waals surface area contributed by atoms with E-state index in [-0.39, 0.29) is 23.9 Å². The molecule has 5 nitrogen and oxygen atoms in total. The number of hydrogen-bond donors (Lipinski definition) is 2. The summed E-state index contributed by atoms with van der Waals surface area (Å²) in [7, 11) is 0. The van der Waals surface area contributed by atoms with Gasteiger partial charge in [-0.2, -0.15) is 0 Å². The highest BCUT2D eigenvalue weighted by atomic mass is 16.6. The lowest BCUT2D eigenvalue weighted by molar-refractivity contribution is -0.126. The van der Waals surface area contributed by atoms with Crippen LogP contribution in [-0.2, 0) is 9.53 Å². The molecule has 5 heteroatoms. The van der Waals surface area contributed by atoms with Gasteiger partial charge in [0.25, 0.3) is 0 Å². The van der Waals surface area contributed by atoms with Crippen LogP contribution in [0.25, 0.3) is 0 Å². The van der Waals surface area contributed by atoms with Crippen LogP contribution in [0.2, 0.25) is 0 Å². The minimum atomic E-state index is -0.502. The maximum atomic E-state index is 12.5. The summed E-state index contributed by atoms with van der Waals surface area (Å²) in [6.45, 7) is 7.77. The Morgan fingerprint density at radius 2 is 1.57 bits per heavy atom.